The molecule has 0 bridgehead atoms. The summed E-state index contributed by atoms with van der Waals surface area (Å²) in [5.74, 6) is -1.76. The van der Waals surface area contributed by atoms with E-state index in [9.17, 15) is 21.6 Å². The van der Waals surface area contributed by atoms with Crippen LogP contribution >= 0.6 is 0 Å². The van der Waals surface area contributed by atoms with Crippen LogP contribution < -0.4 is 9.73 Å². The van der Waals surface area contributed by atoms with Gasteiger partial charge in [0.05, 0.1) is 24.2 Å². The fourth-order valence-corrected chi connectivity index (χ4v) is 3.38. The van der Waals surface area contributed by atoms with Gasteiger partial charge in [0.1, 0.15) is 5.70 Å². The average molecular weight is 415 g/mol. The molecule has 12 heteroatoms. The average Bonchev–Trinajstić information content (AvgIpc) is 3.10. The third-order valence-corrected chi connectivity index (χ3v) is 4.90. The molecule has 1 aromatic heterocycles. The summed E-state index contributed by atoms with van der Waals surface area (Å²) in [7, 11) is -2.03. The van der Waals surface area contributed by atoms with Gasteiger partial charge in [-0.3, -0.25) is 9.31 Å². The molecule has 0 radical (unpaired) electrons. The van der Waals surface area contributed by atoms with Crippen molar-refractivity contribution < 1.29 is 26.0 Å². The van der Waals surface area contributed by atoms with E-state index in [-0.39, 0.29) is 18.1 Å². The predicted molar refractivity (Wildman–Crippen MR) is 94.9 cm³/mol. The maximum atomic E-state index is 12.6. The lowest BCUT2D eigenvalue weighted by Crippen LogP contribution is -2.41. The van der Waals surface area contributed by atoms with Crippen molar-refractivity contribution in [2.24, 2.45) is 0 Å². The zero-order chi connectivity index (χ0) is 20.5. The summed E-state index contributed by atoms with van der Waals surface area (Å²) in [6, 6.07) is 8.52. The second-order valence-corrected chi connectivity index (χ2v) is 7.84. The minimum Gasteiger partial charge on any atom is -0.411 e. The van der Waals surface area contributed by atoms with E-state index in [1.165, 1.54) is 28.5 Å². The van der Waals surface area contributed by atoms with E-state index < -0.39 is 22.1 Å². The van der Waals surface area contributed by atoms with Crippen molar-refractivity contribution in [3.05, 3.63) is 60.0 Å². The van der Waals surface area contributed by atoms with Crippen molar-refractivity contribution in [2.45, 2.75) is 6.18 Å². The quantitative estimate of drug-likeness (QED) is 0.801. The second kappa shape index (κ2) is 7.19. The molecule has 0 unspecified atom stereocenters. The van der Waals surface area contributed by atoms with Crippen molar-refractivity contribution in [1.82, 2.24) is 20.6 Å². The van der Waals surface area contributed by atoms with Crippen molar-refractivity contribution in [3.63, 3.8) is 0 Å². The summed E-state index contributed by atoms with van der Waals surface area (Å²) in [6.07, 6.45) is -0.649. The number of hydrogen-bond acceptors (Lipinski definition) is 7. The number of nitrogens with zero attached hydrogens (tertiary/aromatic N) is 4. The van der Waals surface area contributed by atoms with Crippen molar-refractivity contribution >= 4 is 21.4 Å². The van der Waals surface area contributed by atoms with Crippen molar-refractivity contribution in [2.75, 3.05) is 24.2 Å². The van der Waals surface area contributed by atoms with E-state index >= 15 is 0 Å². The number of hydrogen-bond donors (Lipinski definition) is 1. The lowest BCUT2D eigenvalue weighted by atomic mass is 10.2. The van der Waals surface area contributed by atoms with Crippen LogP contribution in [0.5, 0.6) is 0 Å². The van der Waals surface area contributed by atoms with Crippen LogP contribution in [0.2, 0.25) is 0 Å². The van der Waals surface area contributed by atoms with Crippen LogP contribution in [-0.4, -0.2) is 43.5 Å². The Kier molecular flexibility index (Phi) is 5.06. The summed E-state index contributed by atoms with van der Waals surface area (Å²) in [5.41, 5.74) is 4.08. The number of para-hydroxylation sites is 1. The Hall–Kier alpha value is -3.02. The summed E-state index contributed by atoms with van der Waals surface area (Å²) < 4.78 is 68.1. The first-order chi connectivity index (χ1) is 13.1. The number of halogens is 3. The molecule has 0 aliphatic carbocycles. The van der Waals surface area contributed by atoms with Gasteiger partial charge in [-0.05, 0) is 24.3 Å². The zero-order valence-electron chi connectivity index (χ0n) is 14.8. The molecule has 0 amide bonds. The molecule has 1 aromatic carbocycles. The lowest BCUT2D eigenvalue weighted by molar-refractivity contribution is -0.157. The maximum absolute atomic E-state index is 12.6. The van der Waals surface area contributed by atoms with Gasteiger partial charge >= 0.3 is 12.1 Å². The molecule has 150 valence electrons. The Morgan fingerprint density at radius 3 is 2.39 bits per heavy atom. The van der Waals surface area contributed by atoms with Gasteiger partial charge in [-0.2, -0.15) is 13.2 Å². The number of nitrogens with one attached hydrogen (secondary N) is 1. The van der Waals surface area contributed by atoms with E-state index in [1.54, 1.807) is 30.3 Å². The third-order valence-electron chi connectivity index (χ3n) is 3.76. The normalized spacial score (nSPS) is 15.0. The van der Waals surface area contributed by atoms with Gasteiger partial charge in [-0.25, -0.2) is 8.42 Å². The Bertz CT molecular complexity index is 1020. The van der Waals surface area contributed by atoms with Gasteiger partial charge in [-0.1, -0.05) is 18.2 Å². The van der Waals surface area contributed by atoms with Crippen molar-refractivity contribution in [1.29, 1.82) is 0 Å². The number of hydrazine groups is 1. The molecule has 8 nitrogen and oxygen atoms in total. The fraction of sp³-hybridized carbons (Fsp3) is 0.250. The molecule has 0 saturated carbocycles. The number of benzene rings is 1. The van der Waals surface area contributed by atoms with E-state index in [0.29, 0.717) is 11.4 Å². The molecule has 2 heterocycles. The molecule has 0 saturated heterocycles. The Labute approximate surface area is 159 Å². The zero-order valence-corrected chi connectivity index (χ0v) is 15.6. The first-order valence-electron chi connectivity index (χ1n) is 7.91. The minimum atomic E-state index is -4.74. The molecule has 28 heavy (non-hydrogen) atoms. The number of aromatic nitrogens is 2. The highest BCUT2D eigenvalue weighted by molar-refractivity contribution is 7.92. The van der Waals surface area contributed by atoms with Gasteiger partial charge < -0.3 is 9.84 Å². The van der Waals surface area contributed by atoms with Gasteiger partial charge in [-0.15, -0.1) is 10.2 Å². The highest BCUT2D eigenvalue weighted by Crippen LogP contribution is 2.30. The smallest absolute Gasteiger partial charge is 0.411 e. The summed E-state index contributed by atoms with van der Waals surface area (Å²) in [5, 5.41) is 7.77. The van der Waals surface area contributed by atoms with Crippen LogP contribution in [0.1, 0.15) is 11.8 Å². The van der Waals surface area contributed by atoms with E-state index in [0.717, 1.165) is 6.26 Å². The molecule has 0 atom stereocenters. The number of anilines is 1. The fourth-order valence-electron chi connectivity index (χ4n) is 2.50. The monoisotopic (exact) mass is 415 g/mol. The molecule has 2 aromatic rings. The highest BCUT2D eigenvalue weighted by Gasteiger charge is 2.38. The SMILES string of the molecule is CN1NC(CN(c2ccccc2)S(C)(=O)=O)=CC=C1c1nnc(C(F)(F)F)o1. The lowest BCUT2D eigenvalue weighted by Gasteiger charge is -2.30. The summed E-state index contributed by atoms with van der Waals surface area (Å²) in [6.45, 7) is -0.00536. The first-order valence-corrected chi connectivity index (χ1v) is 9.75. The minimum absolute atomic E-state index is 0.00536. The van der Waals surface area contributed by atoms with Crippen LogP contribution in [0.4, 0.5) is 18.9 Å². The molecule has 1 N–H and O–H groups in total. The van der Waals surface area contributed by atoms with Crippen LogP contribution in [-0.2, 0) is 16.2 Å². The first kappa shape index (κ1) is 19.7. The number of sulfonamides is 1. The predicted octanol–water partition coefficient (Wildman–Crippen LogP) is 2.23. The van der Waals surface area contributed by atoms with E-state index in [1.807, 2.05) is 0 Å². The second-order valence-electron chi connectivity index (χ2n) is 5.93. The van der Waals surface area contributed by atoms with Gasteiger partial charge in [0.2, 0.25) is 10.0 Å². The highest BCUT2D eigenvalue weighted by atomic mass is 32.2. The molecule has 1 aliphatic heterocycles. The molecular weight excluding hydrogens is 399 g/mol. The molecule has 0 spiro atoms. The largest absolute Gasteiger partial charge is 0.470 e. The third kappa shape index (κ3) is 4.27. The van der Waals surface area contributed by atoms with Crippen LogP contribution in [0.25, 0.3) is 5.70 Å². The Morgan fingerprint density at radius 2 is 1.86 bits per heavy atom. The molecule has 3 rings (SSSR count). The van der Waals surface area contributed by atoms with Gasteiger partial charge in [0.25, 0.3) is 5.89 Å². The Morgan fingerprint density at radius 1 is 1.18 bits per heavy atom. The number of alkyl halides is 3. The molecule has 1 aliphatic rings. The van der Waals surface area contributed by atoms with E-state index in [2.05, 4.69) is 20.0 Å². The van der Waals surface area contributed by atoms with Gasteiger partial charge in [0, 0.05) is 7.05 Å². The van der Waals surface area contributed by atoms with Crippen LogP contribution in [0.15, 0.2) is 52.6 Å². The van der Waals surface area contributed by atoms with Gasteiger partial charge in [0.15, 0.2) is 0 Å². The van der Waals surface area contributed by atoms with Crippen LogP contribution in [0, 0.1) is 0 Å². The number of allylic oxidation sites excluding steroid dienone is 2. The standard InChI is InChI=1S/C16H16F3N5O3S/c1-23-13(14-20-21-15(27-14)16(17,18)19)9-8-11(22-23)10-24(28(2,25)26)12-6-4-3-5-7-12/h3-9,22H,10H2,1-2H3. The summed E-state index contributed by atoms with van der Waals surface area (Å²) >= 11 is 0. The molecule has 0 fully saturated rings. The number of rotatable bonds is 5. The maximum Gasteiger partial charge on any atom is 0.470 e. The van der Waals surface area contributed by atoms with Crippen molar-refractivity contribution in [3.8, 4) is 0 Å². The van der Waals surface area contributed by atoms with E-state index in [4.69, 9.17) is 0 Å². The summed E-state index contributed by atoms with van der Waals surface area (Å²) in [4.78, 5) is 0. The molecular formula is C16H16F3N5O3S. The van der Waals surface area contributed by atoms with Crippen LogP contribution in [0.3, 0.4) is 0 Å². The Balaban J connectivity index is 1.86. The topological polar surface area (TPSA) is 91.6 Å².